The highest BCUT2D eigenvalue weighted by Crippen LogP contribution is 2.17. The van der Waals surface area contributed by atoms with Crippen molar-refractivity contribution in [2.24, 2.45) is 11.5 Å². The zero-order chi connectivity index (χ0) is 8.48. The van der Waals surface area contributed by atoms with Crippen molar-refractivity contribution >= 4 is 0 Å². The minimum atomic E-state index is -1.52. The number of ether oxygens (including phenoxy) is 2. The maximum Gasteiger partial charge on any atom is 0.246 e. The molecule has 0 aliphatic carbocycles. The van der Waals surface area contributed by atoms with Crippen molar-refractivity contribution in [2.45, 2.75) is 12.6 Å². The smallest absolute Gasteiger partial charge is 0.246 e. The van der Waals surface area contributed by atoms with E-state index in [2.05, 4.69) is 0 Å². The fourth-order valence-electron chi connectivity index (χ4n) is 0.640. The molecule has 64 valence electrons. The number of hydrogen-bond donors (Lipinski definition) is 2. The molecule has 1 aliphatic heterocycles. The van der Waals surface area contributed by atoms with E-state index >= 15 is 0 Å². The molecule has 5 heteroatoms. The average Bonchev–Trinajstić information content (AvgIpc) is 2.03. The minimum Gasteiger partial charge on any atom is -0.472 e. The van der Waals surface area contributed by atoms with Crippen molar-refractivity contribution < 1.29 is 13.9 Å². The van der Waals surface area contributed by atoms with Gasteiger partial charge in [-0.05, 0) is 6.92 Å². The predicted octanol–water partition coefficient (Wildman–Crippen LogP) is -0.195. The molecule has 0 fully saturated rings. The summed E-state index contributed by atoms with van der Waals surface area (Å²) in [6, 6.07) is 0. The van der Waals surface area contributed by atoms with Gasteiger partial charge in [0, 0.05) is 0 Å². The van der Waals surface area contributed by atoms with E-state index in [1.54, 1.807) is 0 Å². The first-order chi connectivity index (χ1) is 5.01. The van der Waals surface area contributed by atoms with E-state index in [1.165, 1.54) is 6.92 Å². The van der Waals surface area contributed by atoms with Crippen LogP contribution < -0.4 is 11.5 Å². The van der Waals surface area contributed by atoms with Gasteiger partial charge in [0.25, 0.3) is 0 Å². The second-order valence-electron chi connectivity index (χ2n) is 2.72. The van der Waals surface area contributed by atoms with Crippen LogP contribution in [0.1, 0.15) is 6.92 Å². The summed E-state index contributed by atoms with van der Waals surface area (Å²) in [5.74, 6) is -0.0993. The molecule has 1 aliphatic rings. The van der Waals surface area contributed by atoms with E-state index in [0.29, 0.717) is 0 Å². The molecule has 0 aromatic rings. The number of halogens is 1. The summed E-state index contributed by atoms with van der Waals surface area (Å²) in [6.45, 7) is 1.11. The second-order valence-corrected chi connectivity index (χ2v) is 2.72. The summed E-state index contributed by atoms with van der Waals surface area (Å²) in [7, 11) is 0. The Bertz CT molecular complexity index is 173. The van der Waals surface area contributed by atoms with Crippen LogP contribution in [0.5, 0.6) is 0 Å². The Morgan fingerprint density at radius 3 is 2.00 bits per heavy atom. The SMILES string of the molecule is CC1(F)COC(N)=C(N)OC1. The third kappa shape index (κ3) is 1.89. The topological polar surface area (TPSA) is 70.5 Å². The molecule has 4 N–H and O–H groups in total. The first-order valence-electron chi connectivity index (χ1n) is 3.21. The number of nitrogens with two attached hydrogens (primary N) is 2. The molecule has 1 heterocycles. The van der Waals surface area contributed by atoms with Crippen molar-refractivity contribution in [3.63, 3.8) is 0 Å². The largest absolute Gasteiger partial charge is 0.472 e. The first kappa shape index (κ1) is 7.97. The molecular weight excluding hydrogens is 151 g/mol. The Labute approximate surface area is 63.9 Å². The first-order valence-corrected chi connectivity index (χ1v) is 3.21. The van der Waals surface area contributed by atoms with Crippen LogP contribution in [0.2, 0.25) is 0 Å². The maximum absolute atomic E-state index is 13.1. The molecule has 0 aromatic heterocycles. The third-order valence-corrected chi connectivity index (χ3v) is 1.30. The zero-order valence-electron chi connectivity index (χ0n) is 6.26. The van der Waals surface area contributed by atoms with Gasteiger partial charge in [0.2, 0.25) is 11.8 Å². The summed E-state index contributed by atoms with van der Waals surface area (Å²) in [5.41, 5.74) is 8.96. The molecule has 0 bridgehead atoms. The highest BCUT2D eigenvalue weighted by atomic mass is 19.1. The number of alkyl halides is 1. The molecule has 0 atom stereocenters. The van der Waals surface area contributed by atoms with Crippen LogP contribution in [-0.4, -0.2) is 18.9 Å². The van der Waals surface area contributed by atoms with Gasteiger partial charge < -0.3 is 20.9 Å². The molecule has 1 rings (SSSR count). The molecule has 0 spiro atoms. The van der Waals surface area contributed by atoms with Gasteiger partial charge in [-0.25, -0.2) is 4.39 Å². The standard InChI is InChI=1S/C6H11FN2O2/c1-6(7)2-10-4(8)5(9)11-3-6/h2-3,8-9H2,1H3. The van der Waals surface area contributed by atoms with Gasteiger partial charge in [0.05, 0.1) is 0 Å². The van der Waals surface area contributed by atoms with Crippen molar-refractivity contribution in [2.75, 3.05) is 13.2 Å². The lowest BCUT2D eigenvalue weighted by Gasteiger charge is -2.15. The third-order valence-electron chi connectivity index (χ3n) is 1.30. The van der Waals surface area contributed by atoms with E-state index in [9.17, 15) is 4.39 Å². The molecule has 0 aromatic carbocycles. The molecule has 0 radical (unpaired) electrons. The molecule has 11 heavy (non-hydrogen) atoms. The van der Waals surface area contributed by atoms with Gasteiger partial charge in [-0.15, -0.1) is 0 Å². The number of rotatable bonds is 0. The summed E-state index contributed by atoms with van der Waals surface area (Å²) < 4.78 is 22.6. The maximum atomic E-state index is 13.1. The van der Waals surface area contributed by atoms with Crippen LogP contribution in [0.15, 0.2) is 11.8 Å². The van der Waals surface area contributed by atoms with Crippen LogP contribution in [0.3, 0.4) is 0 Å². The monoisotopic (exact) mass is 162 g/mol. The van der Waals surface area contributed by atoms with Crippen molar-refractivity contribution in [1.29, 1.82) is 0 Å². The van der Waals surface area contributed by atoms with Crippen LogP contribution in [0, 0.1) is 0 Å². The molecule has 4 nitrogen and oxygen atoms in total. The minimum absolute atomic E-state index is 0.0497. The van der Waals surface area contributed by atoms with Crippen LogP contribution in [0.4, 0.5) is 4.39 Å². The normalized spacial score (nSPS) is 23.5. The molecule has 0 amide bonds. The van der Waals surface area contributed by atoms with Gasteiger partial charge in [-0.3, -0.25) is 0 Å². The van der Waals surface area contributed by atoms with E-state index in [0.717, 1.165) is 0 Å². The van der Waals surface area contributed by atoms with Gasteiger partial charge in [-0.1, -0.05) is 0 Å². The van der Waals surface area contributed by atoms with Crippen molar-refractivity contribution in [3.05, 3.63) is 11.8 Å². The lowest BCUT2D eigenvalue weighted by molar-refractivity contribution is 0.0294. The Hall–Kier alpha value is -1.13. The van der Waals surface area contributed by atoms with Crippen LogP contribution in [0.25, 0.3) is 0 Å². The molecular formula is C6H11FN2O2. The van der Waals surface area contributed by atoms with Gasteiger partial charge in [0.1, 0.15) is 13.2 Å². The van der Waals surface area contributed by atoms with E-state index < -0.39 is 5.67 Å². The predicted molar refractivity (Wildman–Crippen MR) is 36.8 cm³/mol. The molecule has 0 unspecified atom stereocenters. The average molecular weight is 162 g/mol. The fourth-order valence-corrected chi connectivity index (χ4v) is 0.640. The summed E-state index contributed by atoms with van der Waals surface area (Å²) in [4.78, 5) is 0. The van der Waals surface area contributed by atoms with E-state index in [-0.39, 0.29) is 25.0 Å². The van der Waals surface area contributed by atoms with Gasteiger partial charge in [-0.2, -0.15) is 0 Å². The fraction of sp³-hybridized carbons (Fsp3) is 0.667. The highest BCUT2D eigenvalue weighted by Gasteiger charge is 2.29. The van der Waals surface area contributed by atoms with Crippen LogP contribution in [-0.2, 0) is 9.47 Å². The van der Waals surface area contributed by atoms with Crippen molar-refractivity contribution in [3.8, 4) is 0 Å². The van der Waals surface area contributed by atoms with Crippen molar-refractivity contribution in [1.82, 2.24) is 0 Å². The lowest BCUT2D eigenvalue weighted by atomic mass is 10.2. The molecule has 0 saturated carbocycles. The molecule has 0 saturated heterocycles. The number of hydrogen-bond acceptors (Lipinski definition) is 4. The van der Waals surface area contributed by atoms with E-state index in [4.69, 9.17) is 20.9 Å². The zero-order valence-corrected chi connectivity index (χ0v) is 6.26. The van der Waals surface area contributed by atoms with E-state index in [1.807, 2.05) is 0 Å². The van der Waals surface area contributed by atoms with Gasteiger partial charge >= 0.3 is 0 Å². The Kier molecular flexibility index (Phi) is 1.80. The lowest BCUT2D eigenvalue weighted by Crippen LogP contribution is -2.29. The van der Waals surface area contributed by atoms with Crippen LogP contribution >= 0.6 is 0 Å². The summed E-state index contributed by atoms with van der Waals surface area (Å²) >= 11 is 0. The van der Waals surface area contributed by atoms with Gasteiger partial charge in [0.15, 0.2) is 5.67 Å². The summed E-state index contributed by atoms with van der Waals surface area (Å²) in [6.07, 6.45) is 0. The highest BCUT2D eigenvalue weighted by molar-refractivity contribution is 4.96. The second kappa shape index (κ2) is 2.48. The summed E-state index contributed by atoms with van der Waals surface area (Å²) in [5, 5.41) is 0. The Morgan fingerprint density at radius 2 is 1.64 bits per heavy atom. The Balaban J connectivity index is 2.64. The Morgan fingerprint density at radius 1 is 1.27 bits per heavy atom. The quantitative estimate of drug-likeness (QED) is 0.517.